The molecule has 0 spiro atoms. The van der Waals surface area contributed by atoms with Crippen LogP contribution in [0.3, 0.4) is 0 Å². The van der Waals surface area contributed by atoms with Gasteiger partial charge >= 0.3 is 5.97 Å². The maximum absolute atomic E-state index is 10.3. The molecule has 2 N–H and O–H groups in total. The number of aryl methyl sites for hydroxylation is 1. The largest absolute Gasteiger partial charge is 0.482 e. The van der Waals surface area contributed by atoms with Crippen LogP contribution in [-0.2, 0) is 11.4 Å². The number of rotatable bonds is 4. The van der Waals surface area contributed by atoms with E-state index < -0.39 is 12.6 Å². The van der Waals surface area contributed by atoms with Gasteiger partial charge in [0, 0.05) is 5.56 Å². The van der Waals surface area contributed by atoms with Gasteiger partial charge in [0.15, 0.2) is 6.61 Å². The molecular weight excluding hydrogens is 184 g/mol. The van der Waals surface area contributed by atoms with Crippen molar-refractivity contribution in [2.75, 3.05) is 6.61 Å². The van der Waals surface area contributed by atoms with Crippen LogP contribution in [0.25, 0.3) is 0 Å². The number of hydrogen-bond donors (Lipinski definition) is 2. The van der Waals surface area contributed by atoms with E-state index in [2.05, 4.69) is 0 Å². The van der Waals surface area contributed by atoms with Crippen LogP contribution in [0, 0.1) is 6.92 Å². The summed E-state index contributed by atoms with van der Waals surface area (Å²) in [5.74, 6) is -0.606. The Morgan fingerprint density at radius 1 is 1.50 bits per heavy atom. The second kappa shape index (κ2) is 4.62. The molecule has 1 aromatic rings. The van der Waals surface area contributed by atoms with E-state index in [0.29, 0.717) is 11.3 Å². The van der Waals surface area contributed by atoms with Crippen molar-refractivity contribution in [3.8, 4) is 5.75 Å². The van der Waals surface area contributed by atoms with Crippen LogP contribution < -0.4 is 4.74 Å². The first-order chi connectivity index (χ1) is 6.63. The molecule has 0 unspecified atom stereocenters. The molecule has 0 heterocycles. The van der Waals surface area contributed by atoms with Gasteiger partial charge in [-0.3, -0.25) is 0 Å². The SMILES string of the molecule is Cc1ccc(CO)c(OCC(=O)O)c1. The van der Waals surface area contributed by atoms with Crippen molar-refractivity contribution in [2.24, 2.45) is 0 Å². The Hall–Kier alpha value is -1.55. The maximum atomic E-state index is 10.3. The summed E-state index contributed by atoms with van der Waals surface area (Å²) in [5.41, 5.74) is 1.56. The Labute approximate surface area is 81.8 Å². The lowest BCUT2D eigenvalue weighted by molar-refractivity contribution is -0.139. The second-order valence-corrected chi connectivity index (χ2v) is 2.95. The van der Waals surface area contributed by atoms with E-state index in [-0.39, 0.29) is 6.61 Å². The van der Waals surface area contributed by atoms with Gasteiger partial charge in [0.05, 0.1) is 6.61 Å². The first kappa shape index (κ1) is 10.5. The fraction of sp³-hybridized carbons (Fsp3) is 0.300. The maximum Gasteiger partial charge on any atom is 0.341 e. The zero-order chi connectivity index (χ0) is 10.6. The molecule has 0 aliphatic carbocycles. The monoisotopic (exact) mass is 196 g/mol. The van der Waals surface area contributed by atoms with Crippen molar-refractivity contribution in [3.63, 3.8) is 0 Å². The molecular formula is C10H12O4. The van der Waals surface area contributed by atoms with Gasteiger partial charge in [-0.15, -0.1) is 0 Å². The first-order valence-corrected chi connectivity index (χ1v) is 4.18. The number of hydrogen-bond acceptors (Lipinski definition) is 3. The molecule has 0 radical (unpaired) electrons. The Balaban J connectivity index is 2.82. The molecule has 0 atom stereocenters. The molecule has 14 heavy (non-hydrogen) atoms. The Kier molecular flexibility index (Phi) is 3.48. The summed E-state index contributed by atoms with van der Waals surface area (Å²) in [4.78, 5) is 10.3. The molecule has 0 bridgehead atoms. The molecule has 0 saturated heterocycles. The molecule has 0 aliphatic rings. The van der Waals surface area contributed by atoms with E-state index in [0.717, 1.165) is 5.56 Å². The zero-order valence-corrected chi connectivity index (χ0v) is 7.86. The van der Waals surface area contributed by atoms with E-state index in [1.807, 2.05) is 13.0 Å². The fourth-order valence-electron chi connectivity index (χ4n) is 1.07. The lowest BCUT2D eigenvalue weighted by Crippen LogP contribution is -2.10. The number of carbonyl (C=O) groups is 1. The molecule has 0 saturated carbocycles. The average Bonchev–Trinajstić information content (AvgIpc) is 2.15. The smallest absolute Gasteiger partial charge is 0.341 e. The Morgan fingerprint density at radius 2 is 2.21 bits per heavy atom. The third-order valence-electron chi connectivity index (χ3n) is 1.74. The number of aliphatic carboxylic acids is 1. The molecule has 1 aromatic carbocycles. The number of aliphatic hydroxyl groups excluding tert-OH is 1. The molecule has 0 fully saturated rings. The van der Waals surface area contributed by atoms with Crippen molar-refractivity contribution in [1.82, 2.24) is 0 Å². The lowest BCUT2D eigenvalue weighted by Gasteiger charge is -2.08. The molecule has 0 aliphatic heterocycles. The van der Waals surface area contributed by atoms with Crippen LogP contribution in [0.1, 0.15) is 11.1 Å². The highest BCUT2D eigenvalue weighted by molar-refractivity contribution is 5.68. The van der Waals surface area contributed by atoms with Crippen molar-refractivity contribution >= 4 is 5.97 Å². The van der Waals surface area contributed by atoms with Gasteiger partial charge in [0.25, 0.3) is 0 Å². The van der Waals surface area contributed by atoms with Crippen LogP contribution in [0.4, 0.5) is 0 Å². The number of ether oxygens (including phenoxy) is 1. The van der Waals surface area contributed by atoms with Crippen LogP contribution in [-0.4, -0.2) is 22.8 Å². The van der Waals surface area contributed by atoms with E-state index in [1.165, 1.54) is 0 Å². The Bertz CT molecular complexity index is 333. The average molecular weight is 196 g/mol. The lowest BCUT2D eigenvalue weighted by atomic mass is 10.1. The van der Waals surface area contributed by atoms with Crippen LogP contribution >= 0.6 is 0 Å². The minimum atomic E-state index is -1.03. The second-order valence-electron chi connectivity index (χ2n) is 2.95. The molecule has 1 rings (SSSR count). The minimum absolute atomic E-state index is 0.158. The van der Waals surface area contributed by atoms with Gasteiger partial charge in [-0.1, -0.05) is 12.1 Å². The minimum Gasteiger partial charge on any atom is -0.482 e. The van der Waals surface area contributed by atoms with Crippen LogP contribution in [0.5, 0.6) is 5.75 Å². The molecule has 0 aromatic heterocycles. The predicted molar refractivity (Wildman–Crippen MR) is 50.2 cm³/mol. The van der Waals surface area contributed by atoms with Gasteiger partial charge in [-0.05, 0) is 18.6 Å². The summed E-state index contributed by atoms with van der Waals surface area (Å²) in [7, 11) is 0. The Morgan fingerprint density at radius 3 is 2.79 bits per heavy atom. The van der Waals surface area contributed by atoms with Gasteiger partial charge in [0.1, 0.15) is 5.75 Å². The van der Waals surface area contributed by atoms with E-state index in [9.17, 15) is 4.79 Å². The fourth-order valence-corrected chi connectivity index (χ4v) is 1.07. The highest BCUT2D eigenvalue weighted by Crippen LogP contribution is 2.20. The first-order valence-electron chi connectivity index (χ1n) is 4.18. The van der Waals surface area contributed by atoms with Crippen molar-refractivity contribution < 1.29 is 19.7 Å². The highest BCUT2D eigenvalue weighted by atomic mass is 16.5. The zero-order valence-electron chi connectivity index (χ0n) is 7.86. The molecule has 76 valence electrons. The summed E-state index contributed by atoms with van der Waals surface area (Å²) < 4.78 is 5.01. The third kappa shape index (κ3) is 2.74. The molecule has 4 nitrogen and oxygen atoms in total. The van der Waals surface area contributed by atoms with E-state index in [4.69, 9.17) is 14.9 Å². The number of benzene rings is 1. The standard InChI is InChI=1S/C10H12O4/c1-7-2-3-8(5-11)9(4-7)14-6-10(12)13/h2-4,11H,5-6H2,1H3,(H,12,13). The summed E-state index contributed by atoms with van der Waals surface area (Å²) >= 11 is 0. The quantitative estimate of drug-likeness (QED) is 0.752. The number of carboxylic acid groups (broad SMARTS) is 1. The summed E-state index contributed by atoms with van der Waals surface area (Å²) in [5, 5.41) is 17.4. The normalized spacial score (nSPS) is 9.86. The van der Waals surface area contributed by atoms with Gasteiger partial charge in [0.2, 0.25) is 0 Å². The summed E-state index contributed by atoms with van der Waals surface area (Å²) in [6.45, 7) is 1.32. The predicted octanol–water partition coefficient (Wildman–Crippen LogP) is 0.951. The van der Waals surface area contributed by atoms with Crippen molar-refractivity contribution in [1.29, 1.82) is 0 Å². The van der Waals surface area contributed by atoms with Crippen LogP contribution in [0.2, 0.25) is 0 Å². The molecule has 4 heteroatoms. The molecule has 0 amide bonds. The van der Waals surface area contributed by atoms with E-state index in [1.54, 1.807) is 12.1 Å². The van der Waals surface area contributed by atoms with E-state index >= 15 is 0 Å². The number of aliphatic hydroxyl groups is 1. The van der Waals surface area contributed by atoms with Gasteiger partial charge in [-0.2, -0.15) is 0 Å². The van der Waals surface area contributed by atoms with Crippen molar-refractivity contribution in [2.45, 2.75) is 13.5 Å². The number of carboxylic acids is 1. The van der Waals surface area contributed by atoms with Crippen LogP contribution in [0.15, 0.2) is 18.2 Å². The van der Waals surface area contributed by atoms with Gasteiger partial charge in [-0.25, -0.2) is 4.79 Å². The van der Waals surface area contributed by atoms with Gasteiger partial charge < -0.3 is 14.9 Å². The summed E-state index contributed by atoms with van der Waals surface area (Å²) in [6.07, 6.45) is 0. The van der Waals surface area contributed by atoms with Crippen molar-refractivity contribution in [3.05, 3.63) is 29.3 Å². The summed E-state index contributed by atoms with van der Waals surface area (Å²) in [6, 6.07) is 5.25. The topological polar surface area (TPSA) is 66.8 Å². The highest BCUT2D eigenvalue weighted by Gasteiger charge is 2.05. The third-order valence-corrected chi connectivity index (χ3v) is 1.74.